The van der Waals surface area contributed by atoms with E-state index in [1.54, 1.807) is 0 Å². The standard InChI is InChI=1S/C20H32N2O2/c1-17-6-5-9-20(17)24-16-19(23)15-22-12-10-21(11-13-22)14-18-7-3-2-4-8-18/h2-4,7-8,17,19-20,23H,5-6,9-16H2,1H3. The fourth-order valence-electron chi connectivity index (χ4n) is 3.92. The number of piperazine rings is 1. The van der Waals surface area contributed by atoms with E-state index in [1.807, 2.05) is 0 Å². The molecule has 0 bridgehead atoms. The van der Waals surface area contributed by atoms with Crippen LogP contribution in [-0.2, 0) is 11.3 Å². The largest absolute Gasteiger partial charge is 0.389 e. The molecule has 3 unspecified atom stereocenters. The van der Waals surface area contributed by atoms with Crippen molar-refractivity contribution in [2.24, 2.45) is 5.92 Å². The molecule has 4 heteroatoms. The van der Waals surface area contributed by atoms with Crippen LogP contribution in [0, 0.1) is 5.92 Å². The van der Waals surface area contributed by atoms with E-state index in [9.17, 15) is 5.11 Å². The molecule has 1 saturated heterocycles. The van der Waals surface area contributed by atoms with Gasteiger partial charge in [-0.05, 0) is 24.3 Å². The highest BCUT2D eigenvalue weighted by Crippen LogP contribution is 2.27. The van der Waals surface area contributed by atoms with Gasteiger partial charge in [0.2, 0.25) is 0 Å². The molecule has 2 aliphatic rings. The zero-order valence-electron chi connectivity index (χ0n) is 14.9. The molecule has 0 aromatic heterocycles. The second-order valence-electron chi connectivity index (χ2n) is 7.50. The van der Waals surface area contributed by atoms with E-state index in [0.29, 0.717) is 18.6 Å². The molecule has 3 atom stereocenters. The van der Waals surface area contributed by atoms with Crippen LogP contribution in [0.4, 0.5) is 0 Å². The normalized spacial score (nSPS) is 27.4. The van der Waals surface area contributed by atoms with Gasteiger partial charge >= 0.3 is 0 Å². The summed E-state index contributed by atoms with van der Waals surface area (Å²) in [6.07, 6.45) is 3.70. The third-order valence-corrected chi connectivity index (χ3v) is 5.47. The Labute approximate surface area is 146 Å². The minimum absolute atomic E-state index is 0.363. The smallest absolute Gasteiger partial charge is 0.0900 e. The van der Waals surface area contributed by atoms with E-state index in [-0.39, 0.29) is 6.10 Å². The number of β-amino-alcohol motifs (C(OH)–C–C–N with tert-alkyl or cyclic N) is 1. The zero-order valence-corrected chi connectivity index (χ0v) is 14.9. The zero-order chi connectivity index (χ0) is 16.8. The van der Waals surface area contributed by atoms with Crippen LogP contribution in [0.5, 0.6) is 0 Å². The minimum atomic E-state index is -0.363. The van der Waals surface area contributed by atoms with Crippen molar-refractivity contribution in [2.45, 2.75) is 44.9 Å². The van der Waals surface area contributed by atoms with E-state index >= 15 is 0 Å². The van der Waals surface area contributed by atoms with Crippen molar-refractivity contribution in [3.05, 3.63) is 35.9 Å². The number of aliphatic hydroxyl groups is 1. The molecule has 1 saturated carbocycles. The van der Waals surface area contributed by atoms with Gasteiger partial charge in [-0.25, -0.2) is 0 Å². The Morgan fingerprint density at radius 1 is 1.08 bits per heavy atom. The first-order valence-corrected chi connectivity index (χ1v) is 9.49. The second-order valence-corrected chi connectivity index (χ2v) is 7.50. The van der Waals surface area contributed by atoms with Crippen LogP contribution in [0.3, 0.4) is 0 Å². The van der Waals surface area contributed by atoms with Crippen LogP contribution >= 0.6 is 0 Å². The maximum absolute atomic E-state index is 10.3. The van der Waals surface area contributed by atoms with Crippen molar-refractivity contribution >= 4 is 0 Å². The summed E-state index contributed by atoms with van der Waals surface area (Å²) >= 11 is 0. The van der Waals surface area contributed by atoms with Gasteiger partial charge < -0.3 is 9.84 Å². The van der Waals surface area contributed by atoms with Crippen LogP contribution in [0.2, 0.25) is 0 Å². The first-order chi connectivity index (χ1) is 11.7. The third kappa shape index (κ3) is 5.28. The molecule has 0 radical (unpaired) electrons. The van der Waals surface area contributed by atoms with E-state index in [2.05, 4.69) is 47.1 Å². The lowest BCUT2D eigenvalue weighted by Gasteiger charge is -2.35. The van der Waals surface area contributed by atoms with Gasteiger partial charge in [-0.15, -0.1) is 0 Å². The Morgan fingerprint density at radius 2 is 1.79 bits per heavy atom. The lowest BCUT2D eigenvalue weighted by molar-refractivity contribution is -0.0358. The maximum atomic E-state index is 10.3. The first kappa shape index (κ1) is 17.9. The van der Waals surface area contributed by atoms with Gasteiger partial charge in [0.05, 0.1) is 18.8 Å². The van der Waals surface area contributed by atoms with Gasteiger partial charge in [0, 0.05) is 39.3 Å². The summed E-state index contributed by atoms with van der Waals surface area (Å²) < 4.78 is 5.93. The molecular weight excluding hydrogens is 300 g/mol. The third-order valence-electron chi connectivity index (χ3n) is 5.47. The SMILES string of the molecule is CC1CCCC1OCC(O)CN1CCN(Cc2ccccc2)CC1. The molecule has 1 aliphatic heterocycles. The van der Waals surface area contributed by atoms with Gasteiger partial charge in [-0.3, -0.25) is 9.80 Å². The summed E-state index contributed by atoms with van der Waals surface area (Å²) in [6, 6.07) is 10.7. The molecule has 1 N–H and O–H groups in total. The molecule has 24 heavy (non-hydrogen) atoms. The summed E-state index contributed by atoms with van der Waals surface area (Å²) in [5.74, 6) is 0.652. The Kier molecular flexibility index (Phi) is 6.67. The average Bonchev–Trinajstić information content (AvgIpc) is 3.01. The summed E-state index contributed by atoms with van der Waals surface area (Å²) in [7, 11) is 0. The Hall–Kier alpha value is -0.940. The number of hydrogen-bond donors (Lipinski definition) is 1. The fourth-order valence-corrected chi connectivity index (χ4v) is 3.92. The van der Waals surface area contributed by atoms with Crippen molar-refractivity contribution in [3.8, 4) is 0 Å². The van der Waals surface area contributed by atoms with Crippen LogP contribution in [0.1, 0.15) is 31.7 Å². The van der Waals surface area contributed by atoms with E-state index in [1.165, 1.54) is 18.4 Å². The molecule has 0 spiro atoms. The molecular formula is C20H32N2O2. The molecule has 0 amide bonds. The second kappa shape index (κ2) is 8.95. The highest BCUT2D eigenvalue weighted by molar-refractivity contribution is 5.14. The monoisotopic (exact) mass is 332 g/mol. The molecule has 1 heterocycles. The molecule has 1 aromatic rings. The van der Waals surface area contributed by atoms with Crippen LogP contribution < -0.4 is 0 Å². The van der Waals surface area contributed by atoms with E-state index in [4.69, 9.17) is 4.74 Å². The fraction of sp³-hybridized carbons (Fsp3) is 0.700. The van der Waals surface area contributed by atoms with Crippen molar-refractivity contribution < 1.29 is 9.84 Å². The van der Waals surface area contributed by atoms with Crippen LogP contribution in [-0.4, -0.2) is 66.4 Å². The van der Waals surface area contributed by atoms with Crippen LogP contribution in [0.15, 0.2) is 30.3 Å². The average molecular weight is 332 g/mol. The molecule has 4 nitrogen and oxygen atoms in total. The van der Waals surface area contributed by atoms with Gasteiger partial charge in [0.25, 0.3) is 0 Å². The predicted octanol–water partition coefficient (Wildman–Crippen LogP) is 2.37. The number of ether oxygens (including phenoxy) is 1. The van der Waals surface area contributed by atoms with Crippen molar-refractivity contribution in [2.75, 3.05) is 39.3 Å². The number of rotatable bonds is 7. The van der Waals surface area contributed by atoms with Crippen LogP contribution in [0.25, 0.3) is 0 Å². The molecule has 1 aromatic carbocycles. The Morgan fingerprint density at radius 3 is 2.46 bits per heavy atom. The Bertz CT molecular complexity index is 474. The summed E-state index contributed by atoms with van der Waals surface area (Å²) in [6.45, 7) is 8.72. The highest BCUT2D eigenvalue weighted by Gasteiger charge is 2.25. The first-order valence-electron chi connectivity index (χ1n) is 9.49. The highest BCUT2D eigenvalue weighted by atomic mass is 16.5. The van der Waals surface area contributed by atoms with E-state index in [0.717, 1.165) is 45.7 Å². The lowest BCUT2D eigenvalue weighted by Crippen LogP contribution is -2.48. The topological polar surface area (TPSA) is 35.9 Å². The lowest BCUT2D eigenvalue weighted by atomic mass is 10.1. The number of benzene rings is 1. The molecule has 3 rings (SSSR count). The maximum Gasteiger partial charge on any atom is 0.0900 e. The molecule has 1 aliphatic carbocycles. The van der Waals surface area contributed by atoms with Crippen molar-refractivity contribution in [1.82, 2.24) is 9.80 Å². The summed E-state index contributed by atoms with van der Waals surface area (Å²) in [5, 5.41) is 10.3. The van der Waals surface area contributed by atoms with Gasteiger partial charge in [-0.2, -0.15) is 0 Å². The molecule has 134 valence electrons. The number of nitrogens with zero attached hydrogens (tertiary/aromatic N) is 2. The summed E-state index contributed by atoms with van der Waals surface area (Å²) in [4.78, 5) is 4.86. The van der Waals surface area contributed by atoms with Gasteiger partial charge in [0.15, 0.2) is 0 Å². The van der Waals surface area contributed by atoms with Gasteiger partial charge in [-0.1, -0.05) is 43.7 Å². The van der Waals surface area contributed by atoms with Crippen molar-refractivity contribution in [3.63, 3.8) is 0 Å². The number of hydrogen-bond acceptors (Lipinski definition) is 4. The quantitative estimate of drug-likeness (QED) is 0.832. The minimum Gasteiger partial charge on any atom is -0.389 e. The van der Waals surface area contributed by atoms with Crippen molar-refractivity contribution in [1.29, 1.82) is 0 Å². The Balaban J connectivity index is 1.33. The van der Waals surface area contributed by atoms with E-state index < -0.39 is 0 Å². The van der Waals surface area contributed by atoms with Gasteiger partial charge in [0.1, 0.15) is 0 Å². The summed E-state index contributed by atoms with van der Waals surface area (Å²) in [5.41, 5.74) is 1.38. The molecule has 2 fully saturated rings. The number of aliphatic hydroxyl groups excluding tert-OH is 1. The predicted molar refractivity (Wildman–Crippen MR) is 96.9 cm³/mol.